The second kappa shape index (κ2) is 11.6. The Morgan fingerprint density at radius 3 is 2.75 bits per heavy atom. The Kier molecular flexibility index (Phi) is 8.74. The van der Waals surface area contributed by atoms with Crippen molar-refractivity contribution >= 4 is 12.0 Å². The minimum absolute atomic E-state index is 0.125. The number of H-pyrrole nitrogens is 1. The van der Waals surface area contributed by atoms with Crippen molar-refractivity contribution in [2.45, 2.75) is 26.0 Å². The Labute approximate surface area is 164 Å². The second-order valence-corrected chi connectivity index (χ2v) is 6.34. The maximum Gasteiger partial charge on any atom is 0.408 e. The van der Waals surface area contributed by atoms with E-state index in [-0.39, 0.29) is 18.9 Å². The molecule has 0 radical (unpaired) electrons. The number of hydrogen-bond acceptors (Lipinski definition) is 5. The molecule has 1 heterocycles. The monoisotopic (exact) mass is 386 g/mol. The maximum atomic E-state index is 12.5. The fourth-order valence-electron chi connectivity index (χ4n) is 2.35. The molecule has 0 spiro atoms. The molecule has 0 fully saturated rings. The van der Waals surface area contributed by atoms with Crippen molar-refractivity contribution in [1.82, 2.24) is 20.6 Å². The Morgan fingerprint density at radius 2 is 2.07 bits per heavy atom. The molecule has 1 aromatic heterocycles. The zero-order chi connectivity index (χ0) is 20.2. The lowest BCUT2D eigenvalue weighted by Crippen LogP contribution is -2.48. The number of rotatable bonds is 11. The molecule has 8 heteroatoms. The molecule has 0 aliphatic carbocycles. The minimum atomic E-state index is -0.801. The first kappa shape index (κ1) is 21.2. The number of aromatic nitrogens is 2. The Morgan fingerprint density at radius 1 is 1.29 bits per heavy atom. The molecule has 0 bridgehead atoms. The third-order valence-corrected chi connectivity index (χ3v) is 3.69. The molecule has 0 aliphatic heterocycles. The molecular weight excluding hydrogens is 360 g/mol. The van der Waals surface area contributed by atoms with Gasteiger partial charge in [-0.25, -0.2) is 9.78 Å². The summed E-state index contributed by atoms with van der Waals surface area (Å²) in [6.45, 7) is 6.86. The number of alkyl carbamates (subject to hydrolysis) is 1. The number of benzene rings is 1. The molecule has 1 aromatic carbocycles. The summed E-state index contributed by atoms with van der Waals surface area (Å²) >= 11 is 0. The van der Waals surface area contributed by atoms with Gasteiger partial charge in [-0.1, -0.05) is 42.5 Å². The van der Waals surface area contributed by atoms with E-state index in [9.17, 15) is 9.59 Å². The molecule has 0 saturated heterocycles. The highest BCUT2D eigenvalue weighted by Gasteiger charge is 2.22. The summed E-state index contributed by atoms with van der Waals surface area (Å²) in [4.78, 5) is 31.5. The van der Waals surface area contributed by atoms with Gasteiger partial charge in [0.15, 0.2) is 0 Å². The van der Waals surface area contributed by atoms with E-state index in [2.05, 4.69) is 27.2 Å². The molecule has 0 saturated carbocycles. The number of carbonyl (C=O) groups is 2. The van der Waals surface area contributed by atoms with Crippen molar-refractivity contribution in [3.63, 3.8) is 0 Å². The molecule has 1 atom stereocenters. The summed E-state index contributed by atoms with van der Waals surface area (Å²) in [6.07, 6.45) is 2.72. The zero-order valence-electron chi connectivity index (χ0n) is 15.9. The van der Waals surface area contributed by atoms with Crippen LogP contribution in [0, 0.1) is 0 Å². The normalized spacial score (nSPS) is 11.5. The Bertz CT molecular complexity index is 747. The number of nitrogens with one attached hydrogen (secondary N) is 3. The summed E-state index contributed by atoms with van der Waals surface area (Å²) in [5.41, 5.74) is 2.50. The van der Waals surface area contributed by atoms with Gasteiger partial charge in [0.1, 0.15) is 12.6 Å². The summed E-state index contributed by atoms with van der Waals surface area (Å²) in [5.74, 6) is -0.329. The third kappa shape index (κ3) is 8.05. The number of nitrogens with zero attached hydrogens (tertiary/aromatic N) is 1. The number of amides is 2. The minimum Gasteiger partial charge on any atom is -0.445 e. The second-order valence-electron chi connectivity index (χ2n) is 6.34. The van der Waals surface area contributed by atoms with Crippen LogP contribution in [0.4, 0.5) is 4.79 Å². The lowest BCUT2D eigenvalue weighted by atomic mass is 10.1. The third-order valence-electron chi connectivity index (χ3n) is 3.69. The SMILES string of the molecule is C=C(C)COCCNC(=O)C(Cc1cnc[nH]1)NC(=O)OCc1ccccc1. The van der Waals surface area contributed by atoms with Gasteiger partial charge in [-0.2, -0.15) is 0 Å². The predicted octanol–water partition coefficient (Wildman–Crippen LogP) is 1.96. The molecule has 150 valence electrons. The van der Waals surface area contributed by atoms with E-state index in [0.29, 0.717) is 19.8 Å². The van der Waals surface area contributed by atoms with Crippen LogP contribution in [0.25, 0.3) is 0 Å². The van der Waals surface area contributed by atoms with Crippen LogP contribution in [0.1, 0.15) is 18.2 Å². The molecular formula is C20H26N4O4. The molecule has 2 rings (SSSR count). The van der Waals surface area contributed by atoms with Crippen molar-refractivity contribution in [2.75, 3.05) is 19.8 Å². The lowest BCUT2D eigenvalue weighted by molar-refractivity contribution is -0.123. The van der Waals surface area contributed by atoms with E-state index in [4.69, 9.17) is 9.47 Å². The quantitative estimate of drug-likeness (QED) is 0.404. The standard InChI is InChI=1S/C20H26N4O4/c1-15(2)12-27-9-8-22-19(25)18(10-17-11-21-14-23-17)24-20(26)28-13-16-6-4-3-5-7-16/h3-7,11,14,18H,1,8-10,12-13H2,2H3,(H,21,23)(H,22,25)(H,24,26). The fraction of sp³-hybridized carbons (Fsp3) is 0.350. The van der Waals surface area contributed by atoms with Crippen LogP contribution < -0.4 is 10.6 Å². The van der Waals surface area contributed by atoms with E-state index in [0.717, 1.165) is 16.8 Å². The van der Waals surface area contributed by atoms with Gasteiger partial charge in [0.2, 0.25) is 5.91 Å². The topological polar surface area (TPSA) is 105 Å². The fourth-order valence-corrected chi connectivity index (χ4v) is 2.35. The van der Waals surface area contributed by atoms with Crippen molar-refractivity contribution in [2.24, 2.45) is 0 Å². The number of hydrogen-bond donors (Lipinski definition) is 3. The van der Waals surface area contributed by atoms with Crippen LogP contribution in [0.5, 0.6) is 0 Å². The van der Waals surface area contributed by atoms with Crippen molar-refractivity contribution < 1.29 is 19.1 Å². The van der Waals surface area contributed by atoms with Crippen molar-refractivity contribution in [1.29, 1.82) is 0 Å². The first-order chi connectivity index (χ1) is 13.5. The van der Waals surface area contributed by atoms with E-state index >= 15 is 0 Å². The lowest BCUT2D eigenvalue weighted by Gasteiger charge is -2.18. The predicted molar refractivity (Wildman–Crippen MR) is 104 cm³/mol. The number of ether oxygens (including phenoxy) is 2. The molecule has 8 nitrogen and oxygen atoms in total. The van der Waals surface area contributed by atoms with Crippen LogP contribution in [-0.4, -0.2) is 47.8 Å². The maximum absolute atomic E-state index is 12.5. The van der Waals surface area contributed by atoms with Gasteiger partial charge >= 0.3 is 6.09 Å². The number of carbonyl (C=O) groups excluding carboxylic acids is 2. The highest BCUT2D eigenvalue weighted by molar-refractivity contribution is 5.85. The number of imidazole rings is 1. The molecule has 28 heavy (non-hydrogen) atoms. The van der Waals surface area contributed by atoms with Gasteiger partial charge in [0.05, 0.1) is 19.5 Å². The zero-order valence-corrected chi connectivity index (χ0v) is 15.9. The molecule has 2 aromatic rings. The molecule has 0 aliphatic rings. The highest BCUT2D eigenvalue weighted by Crippen LogP contribution is 2.03. The van der Waals surface area contributed by atoms with E-state index in [1.807, 2.05) is 37.3 Å². The Balaban J connectivity index is 1.84. The summed E-state index contributed by atoms with van der Waals surface area (Å²) < 4.78 is 10.6. The molecule has 2 amide bonds. The van der Waals surface area contributed by atoms with Crippen LogP contribution in [0.15, 0.2) is 55.0 Å². The first-order valence-electron chi connectivity index (χ1n) is 8.99. The largest absolute Gasteiger partial charge is 0.445 e. The van der Waals surface area contributed by atoms with E-state index < -0.39 is 12.1 Å². The summed E-state index contributed by atoms with van der Waals surface area (Å²) in [6, 6.07) is 8.51. The van der Waals surface area contributed by atoms with Crippen LogP contribution in [0.3, 0.4) is 0 Å². The number of aromatic amines is 1. The van der Waals surface area contributed by atoms with Gasteiger partial charge in [0, 0.05) is 24.9 Å². The highest BCUT2D eigenvalue weighted by atomic mass is 16.5. The van der Waals surface area contributed by atoms with Gasteiger partial charge in [0.25, 0.3) is 0 Å². The average molecular weight is 386 g/mol. The molecule has 1 unspecified atom stereocenters. The van der Waals surface area contributed by atoms with Crippen molar-refractivity contribution in [3.8, 4) is 0 Å². The van der Waals surface area contributed by atoms with Crippen LogP contribution >= 0.6 is 0 Å². The van der Waals surface area contributed by atoms with Crippen LogP contribution in [-0.2, 0) is 27.3 Å². The first-order valence-corrected chi connectivity index (χ1v) is 8.99. The smallest absolute Gasteiger partial charge is 0.408 e. The van der Waals surface area contributed by atoms with E-state index in [1.165, 1.54) is 6.33 Å². The summed E-state index contributed by atoms with van der Waals surface area (Å²) in [5, 5.41) is 5.36. The average Bonchev–Trinajstić information content (AvgIpc) is 3.19. The van der Waals surface area contributed by atoms with Gasteiger partial charge in [-0.05, 0) is 12.5 Å². The van der Waals surface area contributed by atoms with Gasteiger partial charge in [-0.15, -0.1) is 0 Å². The summed E-state index contributed by atoms with van der Waals surface area (Å²) in [7, 11) is 0. The van der Waals surface area contributed by atoms with Gasteiger partial charge in [-0.3, -0.25) is 4.79 Å². The van der Waals surface area contributed by atoms with Gasteiger partial charge < -0.3 is 25.1 Å². The van der Waals surface area contributed by atoms with E-state index in [1.54, 1.807) is 6.20 Å². The van der Waals surface area contributed by atoms with Crippen molar-refractivity contribution in [3.05, 3.63) is 66.3 Å². The van der Waals surface area contributed by atoms with Crippen LogP contribution in [0.2, 0.25) is 0 Å². The Hall–Kier alpha value is -3.13. The molecule has 3 N–H and O–H groups in total.